The molecule has 0 atom stereocenters. The van der Waals surface area contributed by atoms with Gasteiger partial charge in [-0.25, -0.2) is 10.9 Å². The molecular weight excluding hydrogens is 424 g/mol. The molecule has 0 radical (unpaired) electrons. The van der Waals surface area contributed by atoms with Crippen molar-refractivity contribution in [1.82, 2.24) is 10.9 Å². The van der Waals surface area contributed by atoms with Crippen molar-refractivity contribution < 1.29 is 9.59 Å². The number of nitrogens with one attached hydrogen (secondary N) is 2. The lowest BCUT2D eigenvalue weighted by Crippen LogP contribution is -2.24. The van der Waals surface area contributed by atoms with E-state index in [-0.39, 0.29) is 24.7 Å². The van der Waals surface area contributed by atoms with E-state index in [0.29, 0.717) is 0 Å². The highest BCUT2D eigenvalue weighted by Crippen LogP contribution is 2.10. The monoisotopic (exact) mass is 462 g/mol. The minimum Gasteiger partial charge on any atom is -0.273 e. The zero-order valence-electron chi connectivity index (χ0n) is 20.6. The van der Waals surface area contributed by atoms with Gasteiger partial charge in [0.15, 0.2) is 0 Å². The van der Waals surface area contributed by atoms with Gasteiger partial charge in [-0.3, -0.25) is 9.59 Å². The van der Waals surface area contributed by atoms with Gasteiger partial charge in [0.05, 0.1) is 11.4 Å². The van der Waals surface area contributed by atoms with E-state index in [1.165, 1.54) is 0 Å². The van der Waals surface area contributed by atoms with Gasteiger partial charge in [0.1, 0.15) is 0 Å². The van der Waals surface area contributed by atoms with Gasteiger partial charge < -0.3 is 0 Å². The second-order valence-corrected chi connectivity index (χ2v) is 8.33. The SMILES string of the molecule is CCCCCC(=NNC(=O)CCC(=O)NN=C(CCCCC)c1ccccc1)c1ccccc1. The molecule has 2 amide bonds. The number of amides is 2. The van der Waals surface area contributed by atoms with E-state index in [9.17, 15) is 9.59 Å². The first-order chi connectivity index (χ1) is 16.6. The average Bonchev–Trinajstić information content (AvgIpc) is 2.88. The summed E-state index contributed by atoms with van der Waals surface area (Å²) in [5.41, 5.74) is 8.96. The highest BCUT2D eigenvalue weighted by Gasteiger charge is 2.09. The lowest BCUT2D eigenvalue weighted by atomic mass is 10.0. The van der Waals surface area contributed by atoms with Gasteiger partial charge in [-0.1, -0.05) is 100 Å². The second kappa shape index (κ2) is 16.4. The van der Waals surface area contributed by atoms with Crippen LogP contribution in [0.3, 0.4) is 0 Å². The lowest BCUT2D eigenvalue weighted by Gasteiger charge is -2.08. The molecule has 2 N–H and O–H groups in total. The Kier molecular flexibility index (Phi) is 13.0. The number of benzene rings is 2. The van der Waals surface area contributed by atoms with E-state index >= 15 is 0 Å². The van der Waals surface area contributed by atoms with Crippen LogP contribution >= 0.6 is 0 Å². The van der Waals surface area contributed by atoms with E-state index in [2.05, 4.69) is 34.9 Å². The van der Waals surface area contributed by atoms with Gasteiger partial charge >= 0.3 is 0 Å². The van der Waals surface area contributed by atoms with Crippen LogP contribution in [0.1, 0.15) is 89.2 Å². The summed E-state index contributed by atoms with van der Waals surface area (Å²) >= 11 is 0. The fourth-order valence-electron chi connectivity index (χ4n) is 3.47. The number of unbranched alkanes of at least 4 members (excludes halogenated alkanes) is 4. The molecule has 2 aromatic carbocycles. The molecule has 0 unspecified atom stereocenters. The summed E-state index contributed by atoms with van der Waals surface area (Å²) in [5, 5.41) is 8.71. The zero-order valence-corrected chi connectivity index (χ0v) is 20.6. The number of nitrogens with zero attached hydrogens (tertiary/aromatic N) is 2. The summed E-state index contributed by atoms with van der Waals surface area (Å²) in [6, 6.07) is 19.7. The summed E-state index contributed by atoms with van der Waals surface area (Å²) in [6.45, 7) is 4.31. The molecule has 0 bridgehead atoms. The molecule has 2 aromatic rings. The molecule has 0 aliphatic heterocycles. The quantitative estimate of drug-likeness (QED) is 0.194. The molecule has 182 valence electrons. The Balaban J connectivity index is 1.89. The van der Waals surface area contributed by atoms with Crippen molar-refractivity contribution in [2.45, 2.75) is 78.1 Å². The fraction of sp³-hybridized carbons (Fsp3) is 0.429. The van der Waals surface area contributed by atoms with Gasteiger partial charge in [0.2, 0.25) is 11.8 Å². The predicted molar refractivity (Wildman–Crippen MR) is 140 cm³/mol. The minimum absolute atomic E-state index is 0.0540. The van der Waals surface area contributed by atoms with Crippen LogP contribution in [0.25, 0.3) is 0 Å². The van der Waals surface area contributed by atoms with E-state index in [1.807, 2.05) is 60.7 Å². The minimum atomic E-state index is -0.283. The fourth-order valence-corrected chi connectivity index (χ4v) is 3.47. The molecule has 0 spiro atoms. The molecule has 0 saturated heterocycles. The molecular formula is C28H38N4O2. The summed E-state index contributed by atoms with van der Waals surface area (Å²) in [7, 11) is 0. The topological polar surface area (TPSA) is 82.9 Å². The van der Waals surface area contributed by atoms with Gasteiger partial charge in [0, 0.05) is 12.8 Å². The Labute approximate surface area is 203 Å². The molecule has 0 saturated carbocycles. The molecule has 6 nitrogen and oxygen atoms in total. The maximum absolute atomic E-state index is 12.3. The van der Waals surface area contributed by atoms with Crippen molar-refractivity contribution in [3.05, 3.63) is 71.8 Å². The molecule has 34 heavy (non-hydrogen) atoms. The molecule has 0 aliphatic carbocycles. The maximum atomic E-state index is 12.3. The van der Waals surface area contributed by atoms with Crippen LogP contribution in [0.2, 0.25) is 0 Å². The molecule has 0 heterocycles. The molecule has 2 rings (SSSR count). The molecule has 6 heteroatoms. The van der Waals surface area contributed by atoms with Crippen LogP contribution < -0.4 is 10.9 Å². The Morgan fingerprint density at radius 1 is 0.588 bits per heavy atom. The summed E-state index contributed by atoms with van der Waals surface area (Å²) in [4.78, 5) is 24.6. The number of rotatable bonds is 15. The van der Waals surface area contributed by atoms with Crippen LogP contribution in [-0.4, -0.2) is 23.2 Å². The highest BCUT2D eigenvalue weighted by molar-refractivity contribution is 6.01. The Morgan fingerprint density at radius 2 is 0.971 bits per heavy atom. The first-order valence-electron chi connectivity index (χ1n) is 12.5. The smallest absolute Gasteiger partial charge is 0.240 e. The van der Waals surface area contributed by atoms with Crippen molar-refractivity contribution in [3.63, 3.8) is 0 Å². The predicted octanol–water partition coefficient (Wildman–Crippen LogP) is 5.97. The Bertz CT molecular complexity index is 846. The third-order valence-electron chi connectivity index (χ3n) is 5.46. The van der Waals surface area contributed by atoms with Crippen molar-refractivity contribution in [3.8, 4) is 0 Å². The second-order valence-electron chi connectivity index (χ2n) is 8.33. The van der Waals surface area contributed by atoms with Gasteiger partial charge in [0.25, 0.3) is 0 Å². The number of carbonyl (C=O) groups excluding carboxylic acids is 2. The van der Waals surface area contributed by atoms with E-state index < -0.39 is 0 Å². The van der Waals surface area contributed by atoms with Crippen LogP contribution in [0.15, 0.2) is 70.9 Å². The van der Waals surface area contributed by atoms with E-state index in [4.69, 9.17) is 0 Å². The van der Waals surface area contributed by atoms with Gasteiger partial charge in [-0.2, -0.15) is 10.2 Å². The standard InChI is InChI=1S/C28H38N4O2/c1-3-5-9-19-25(23-15-11-7-12-16-23)29-31-27(33)21-22-28(34)32-30-26(20-10-6-4-2)24-17-13-8-14-18-24/h7-8,11-18H,3-6,9-10,19-22H2,1-2H3,(H,31,33)(H,32,34). The van der Waals surface area contributed by atoms with E-state index in [1.54, 1.807) is 0 Å². The number of hydrazone groups is 2. The van der Waals surface area contributed by atoms with Crippen LogP contribution in [0, 0.1) is 0 Å². The average molecular weight is 463 g/mol. The third kappa shape index (κ3) is 10.6. The normalized spacial score (nSPS) is 11.8. The largest absolute Gasteiger partial charge is 0.273 e. The zero-order chi connectivity index (χ0) is 24.4. The number of hydrogen-bond acceptors (Lipinski definition) is 4. The van der Waals surface area contributed by atoms with Crippen molar-refractivity contribution in [2.24, 2.45) is 10.2 Å². The lowest BCUT2D eigenvalue weighted by molar-refractivity contribution is -0.126. The maximum Gasteiger partial charge on any atom is 0.240 e. The summed E-state index contributed by atoms with van der Waals surface area (Å²) in [6.07, 6.45) is 8.21. The number of carbonyl (C=O) groups is 2. The third-order valence-corrected chi connectivity index (χ3v) is 5.46. The first-order valence-corrected chi connectivity index (χ1v) is 12.5. The Morgan fingerprint density at radius 3 is 1.32 bits per heavy atom. The first kappa shape index (κ1) is 27.0. The molecule has 0 aliphatic rings. The van der Waals surface area contributed by atoms with Crippen LogP contribution in [0.5, 0.6) is 0 Å². The Hall–Kier alpha value is -3.28. The molecule has 0 fully saturated rings. The van der Waals surface area contributed by atoms with Crippen molar-refractivity contribution in [1.29, 1.82) is 0 Å². The number of hydrogen-bond donors (Lipinski definition) is 2. The summed E-state index contributed by atoms with van der Waals surface area (Å²) < 4.78 is 0. The van der Waals surface area contributed by atoms with Crippen LogP contribution in [0.4, 0.5) is 0 Å². The molecule has 0 aromatic heterocycles. The van der Waals surface area contributed by atoms with E-state index in [0.717, 1.165) is 73.9 Å². The van der Waals surface area contributed by atoms with Crippen molar-refractivity contribution in [2.75, 3.05) is 0 Å². The van der Waals surface area contributed by atoms with Crippen molar-refractivity contribution >= 4 is 23.2 Å². The highest BCUT2D eigenvalue weighted by atomic mass is 16.2. The van der Waals surface area contributed by atoms with Gasteiger partial charge in [-0.15, -0.1) is 0 Å². The van der Waals surface area contributed by atoms with Crippen LogP contribution in [-0.2, 0) is 9.59 Å². The van der Waals surface area contributed by atoms with Gasteiger partial charge in [-0.05, 0) is 36.8 Å². The summed E-state index contributed by atoms with van der Waals surface area (Å²) in [5.74, 6) is -0.566.